The van der Waals surface area contributed by atoms with E-state index in [-0.39, 0.29) is 7.43 Å². The third-order valence-electron chi connectivity index (χ3n) is 0. The van der Waals surface area contributed by atoms with Gasteiger partial charge in [0.25, 0.3) is 0 Å². The second-order valence-corrected chi connectivity index (χ2v) is 0. The zero-order chi connectivity index (χ0) is 4.00. The van der Waals surface area contributed by atoms with E-state index in [0.717, 1.165) is 9.55 Å². The molecular weight excluding hydrogens is 99.6 g/mol. The van der Waals surface area contributed by atoms with Gasteiger partial charge in [-0.25, -0.2) is 0 Å². The Bertz CT molecular complexity index is 6.85. The molecule has 0 atom stereocenters. The molecule has 0 aromatic rings. The highest BCUT2D eigenvalue weighted by Gasteiger charge is 0.975. The second-order valence-electron chi connectivity index (χ2n) is 0. The molecule has 0 aromatic carbocycles. The number of halogens is 1. The molecular formula is C3H13ClSi. The van der Waals surface area contributed by atoms with Crippen molar-refractivity contribution in [1.29, 1.82) is 0 Å². The smallest absolute Gasteiger partial charge is 0.109 e. The predicted molar refractivity (Wildman–Crippen MR) is 33.9 cm³/mol. The molecule has 0 bridgehead atoms. The topological polar surface area (TPSA) is 0 Å². The monoisotopic (exact) mass is 112 g/mol. The molecule has 0 unspecified atom stereocenters. The van der Waals surface area contributed by atoms with Crippen LogP contribution in [-0.4, -0.2) is 9.55 Å². The molecule has 0 saturated heterocycles. The molecule has 0 aliphatic heterocycles. The molecule has 0 N–H and O–H groups in total. The molecule has 0 fully saturated rings. The van der Waals surface area contributed by atoms with Gasteiger partial charge in [-0.3, -0.25) is 0 Å². The van der Waals surface area contributed by atoms with E-state index < -0.39 is 0 Å². The SMILES string of the molecule is C.CC.[SiH3]Cl. The van der Waals surface area contributed by atoms with Crippen LogP contribution >= 0.6 is 11.1 Å². The molecule has 0 heterocycles. The number of hydrogen-bond acceptors (Lipinski definition) is 0. The van der Waals surface area contributed by atoms with Crippen molar-refractivity contribution >= 4 is 20.6 Å². The lowest BCUT2D eigenvalue weighted by Crippen LogP contribution is -0.980. The van der Waals surface area contributed by atoms with E-state index in [9.17, 15) is 0 Å². The molecule has 2 heteroatoms. The summed E-state index contributed by atoms with van der Waals surface area (Å²) in [6, 6.07) is 0. The average Bonchev–Trinajstić information content (AvgIpc) is 1.50. The zero-order valence-corrected chi connectivity index (χ0v) is 6.13. The molecule has 0 aromatic heterocycles. The molecule has 0 aliphatic carbocycles. The maximum Gasteiger partial charge on any atom is 0.109 e. The molecule has 0 spiro atoms. The second kappa shape index (κ2) is 216. The Morgan fingerprint density at radius 1 is 1.20 bits per heavy atom. The van der Waals surface area contributed by atoms with Crippen molar-refractivity contribution in [2.45, 2.75) is 21.3 Å². The van der Waals surface area contributed by atoms with E-state index in [1.54, 1.807) is 0 Å². The van der Waals surface area contributed by atoms with Crippen molar-refractivity contribution in [1.82, 2.24) is 0 Å². The van der Waals surface area contributed by atoms with Gasteiger partial charge in [-0.15, -0.1) is 0 Å². The largest absolute Gasteiger partial charge is 0.181 e. The summed E-state index contributed by atoms with van der Waals surface area (Å²) in [5, 5.41) is 0. The molecule has 0 rings (SSSR count). The highest BCUT2D eigenvalue weighted by Crippen LogP contribution is 1.29. The lowest BCUT2D eigenvalue weighted by atomic mass is 11.0. The van der Waals surface area contributed by atoms with Crippen molar-refractivity contribution in [3.8, 4) is 0 Å². The van der Waals surface area contributed by atoms with Crippen LogP contribution in [0.3, 0.4) is 0 Å². The number of rotatable bonds is 0. The minimum atomic E-state index is 0. The first kappa shape index (κ1) is 17.8. The van der Waals surface area contributed by atoms with Gasteiger partial charge in [0.15, 0.2) is 0 Å². The van der Waals surface area contributed by atoms with Crippen molar-refractivity contribution in [2.75, 3.05) is 0 Å². The molecule has 0 amide bonds. The predicted octanol–water partition coefficient (Wildman–Crippen LogP) is 1.17. The first-order valence-corrected chi connectivity index (χ1v) is 4.40. The summed E-state index contributed by atoms with van der Waals surface area (Å²) in [4.78, 5) is 0. The van der Waals surface area contributed by atoms with Gasteiger partial charge in [0.1, 0.15) is 9.55 Å². The number of hydrogen-bond donors (Lipinski definition) is 0. The quantitative estimate of drug-likeness (QED) is 0.326. The Labute approximate surface area is 42.7 Å². The molecule has 36 valence electrons. The lowest BCUT2D eigenvalue weighted by molar-refractivity contribution is 1.50. The van der Waals surface area contributed by atoms with E-state index in [4.69, 9.17) is 11.1 Å². The van der Waals surface area contributed by atoms with Gasteiger partial charge in [-0.2, -0.15) is 11.1 Å². The summed E-state index contributed by atoms with van der Waals surface area (Å²) in [6.45, 7) is 4.00. The molecule has 0 aliphatic rings. The van der Waals surface area contributed by atoms with Crippen LogP contribution in [0.2, 0.25) is 0 Å². The minimum absolute atomic E-state index is 0. The van der Waals surface area contributed by atoms with Crippen LogP contribution in [-0.2, 0) is 0 Å². The molecule has 0 radical (unpaired) electrons. The van der Waals surface area contributed by atoms with Gasteiger partial charge in [0, 0.05) is 0 Å². The van der Waals surface area contributed by atoms with Crippen molar-refractivity contribution in [2.24, 2.45) is 0 Å². The third kappa shape index (κ3) is 110. The third-order valence-corrected chi connectivity index (χ3v) is 0. The first-order chi connectivity index (χ1) is 2.00. The van der Waals surface area contributed by atoms with Crippen molar-refractivity contribution in [3.05, 3.63) is 0 Å². The Hall–Kier alpha value is 0.507. The maximum absolute atomic E-state index is 4.78. The first-order valence-electron chi connectivity index (χ1n) is 1.38. The highest BCUT2D eigenvalue weighted by molar-refractivity contribution is 6.80. The lowest BCUT2D eigenvalue weighted by Gasteiger charge is -1.07. The van der Waals surface area contributed by atoms with E-state index in [0.29, 0.717) is 0 Å². The van der Waals surface area contributed by atoms with Gasteiger partial charge in [-0.1, -0.05) is 21.3 Å². The van der Waals surface area contributed by atoms with E-state index >= 15 is 0 Å². The summed E-state index contributed by atoms with van der Waals surface area (Å²) in [5.41, 5.74) is 0. The fourth-order valence-electron chi connectivity index (χ4n) is 0. The van der Waals surface area contributed by atoms with Gasteiger partial charge >= 0.3 is 0 Å². The maximum atomic E-state index is 4.78. The Morgan fingerprint density at radius 3 is 1.20 bits per heavy atom. The molecule has 5 heavy (non-hydrogen) atoms. The molecule has 0 saturated carbocycles. The van der Waals surface area contributed by atoms with Gasteiger partial charge < -0.3 is 0 Å². The fourth-order valence-corrected chi connectivity index (χ4v) is 0. The van der Waals surface area contributed by atoms with Gasteiger partial charge in [-0.05, 0) is 0 Å². The zero-order valence-electron chi connectivity index (χ0n) is 3.38. The Morgan fingerprint density at radius 2 is 1.20 bits per heavy atom. The normalized spacial score (nSPS) is 3.00. The Balaban J connectivity index is -0.0000000133. The van der Waals surface area contributed by atoms with Crippen LogP contribution in [0.25, 0.3) is 0 Å². The summed E-state index contributed by atoms with van der Waals surface area (Å²) in [7, 11) is 0.778. The van der Waals surface area contributed by atoms with E-state index in [1.165, 1.54) is 0 Å². The standard InChI is InChI=1S/C2H6.CH4.ClH3Si/c1-2;;1-2/h1-2H3;1H4;2H3. The van der Waals surface area contributed by atoms with Crippen molar-refractivity contribution < 1.29 is 0 Å². The van der Waals surface area contributed by atoms with Crippen LogP contribution in [0.1, 0.15) is 21.3 Å². The summed E-state index contributed by atoms with van der Waals surface area (Å²) < 4.78 is 0. The highest BCUT2D eigenvalue weighted by atomic mass is 35.6. The van der Waals surface area contributed by atoms with Crippen molar-refractivity contribution in [3.63, 3.8) is 0 Å². The Kier molecular flexibility index (Phi) is 768. The summed E-state index contributed by atoms with van der Waals surface area (Å²) >= 11 is 4.78. The van der Waals surface area contributed by atoms with E-state index in [1.807, 2.05) is 13.8 Å². The summed E-state index contributed by atoms with van der Waals surface area (Å²) in [5.74, 6) is 0. The van der Waals surface area contributed by atoms with Crippen LogP contribution < -0.4 is 0 Å². The average molecular weight is 113 g/mol. The van der Waals surface area contributed by atoms with Crippen LogP contribution in [0.5, 0.6) is 0 Å². The van der Waals surface area contributed by atoms with Crippen LogP contribution in [0.4, 0.5) is 0 Å². The minimum Gasteiger partial charge on any atom is -0.181 e. The molecule has 0 nitrogen and oxygen atoms in total. The van der Waals surface area contributed by atoms with Crippen LogP contribution in [0.15, 0.2) is 0 Å². The van der Waals surface area contributed by atoms with E-state index in [2.05, 4.69) is 0 Å². The van der Waals surface area contributed by atoms with Gasteiger partial charge in [0.2, 0.25) is 0 Å². The van der Waals surface area contributed by atoms with Gasteiger partial charge in [0.05, 0.1) is 0 Å². The van der Waals surface area contributed by atoms with Crippen LogP contribution in [0, 0.1) is 0 Å². The summed E-state index contributed by atoms with van der Waals surface area (Å²) in [6.07, 6.45) is 0. The fraction of sp³-hybridized carbons (Fsp3) is 1.00.